The highest BCUT2D eigenvalue weighted by molar-refractivity contribution is 7.16. The largest absolute Gasteiger partial charge is 0.493 e. The summed E-state index contributed by atoms with van der Waals surface area (Å²) < 4.78 is 20.6. The number of nitrogens with one attached hydrogen (secondary N) is 4. The number of benzene rings is 9. The number of thiazole rings is 2. The number of fused-ring (bicyclic) bond motifs is 11. The standard InChI is InChI=1S/C10H9NO.C10H9N.C10H12.C9H8N2.2C9H9N.C9H10O.C8H8N2O.C8H7NS.C8H8O2.C6H6N2S.11C2H6/c1-7-6-8-4-2-3-5-9(8)11-10(7)12;1-8-6-9-4-2-3-5-10(9)11-7-8;1-8-6-7-9-4-2-3-5-10(8)9;1-7-2-3-8-6-10-5-4-9(8)11-7;1-7-6-10-9-5-3-2-4-8(7)9;1-7-6-8-4-2-3-5-9(8)10-7;1-7-2-3-9-8(6-7)4-5-10-9;1-10-7-5-3-2-4-6(7)9-8(10)11;2*1-6-2-3-7-8(4-6)10-5-9-7;1-5-4-7-6-8(5)2-3-9-6;11*1-2/h2-6H,1H3,(H,11,12);2-7H,1H3;2-5,8H,6-7H2,1H3;2-6H,1H3;2*2-6,10H,1H3;2-3,6H,4-5H2,1H3;2-5H,1H3,(H,9,11);2-5H,1H3;2-4H,5H2,1H3;2-4H,1H3;11*1-2H3. The molecule has 3 aliphatic rings. The van der Waals surface area contributed by atoms with Crippen molar-refractivity contribution >= 4 is 103 Å². The zero-order valence-corrected chi connectivity index (χ0v) is 89.9. The SMILES string of the molecule is CC.CC.CC.CC.CC.CC.CC.CC.CC.CC.CC.CC1CCc2ccccc21.Cc1c[nH]c2ccccc12.Cc1cc2ccccc2[nH]1.Cc1cc2ccccc2[nH]c1=O.Cc1ccc2c(c1)CCO2.Cc1ccc2c(c1)OCO2.Cc1ccc2cnccc2n1.Cc1ccc2ncsc2c1.Cc1cnc2ccccc2c1.Cc1cnc2sccn12.Cn1c(=O)[nH]c2ccccc21. The lowest BCUT2D eigenvalue weighted by atomic mass is 10.0. The molecule has 4 N–H and O–H groups in total. The van der Waals surface area contributed by atoms with E-state index >= 15 is 0 Å². The zero-order valence-electron chi connectivity index (χ0n) is 88.2. The molecule has 16 nitrogen and oxygen atoms in total. The molecule has 1 atom stereocenters. The normalized spacial score (nSPS) is 10.7. The van der Waals surface area contributed by atoms with Gasteiger partial charge in [0.2, 0.25) is 6.79 Å². The van der Waals surface area contributed by atoms with Crippen LogP contribution in [-0.4, -0.2) is 67.2 Å². The van der Waals surface area contributed by atoms with E-state index in [2.05, 4.69) is 206 Å². The molecule has 2 aliphatic heterocycles. The van der Waals surface area contributed by atoms with Crippen molar-refractivity contribution in [1.82, 2.24) is 53.8 Å². The number of aromatic amines is 4. The van der Waals surface area contributed by atoms with Crippen molar-refractivity contribution < 1.29 is 14.2 Å². The third-order valence-corrected chi connectivity index (χ3v) is 20.8. The first-order chi connectivity index (χ1) is 66.4. The Balaban J connectivity index is 0.000000733. The first kappa shape index (κ1) is 121. The van der Waals surface area contributed by atoms with E-state index in [-0.39, 0.29) is 11.2 Å². The number of H-pyrrole nitrogens is 4. The van der Waals surface area contributed by atoms with E-state index in [4.69, 9.17) is 14.2 Å². The number of ether oxygens (including phenoxy) is 3. The van der Waals surface area contributed by atoms with Gasteiger partial charge in [-0.15, -0.1) is 22.7 Å². The lowest BCUT2D eigenvalue weighted by Gasteiger charge is -2.01. The van der Waals surface area contributed by atoms with Gasteiger partial charge < -0.3 is 34.1 Å². The van der Waals surface area contributed by atoms with E-state index in [1.54, 1.807) is 51.6 Å². The molecular weight excluding hydrogens is 1720 g/mol. The Morgan fingerprint density at radius 1 is 0.412 bits per heavy atom. The first-order valence-corrected chi connectivity index (χ1v) is 50.7. The highest BCUT2D eigenvalue weighted by Gasteiger charge is 2.17. The molecule has 22 rings (SSSR count). The summed E-state index contributed by atoms with van der Waals surface area (Å²) in [6.45, 7) is 65.8. The number of nitrogens with zero attached hydrogens (tertiary/aromatic N) is 7. The maximum Gasteiger partial charge on any atom is 0.326 e. The predicted molar refractivity (Wildman–Crippen MR) is 598 cm³/mol. The molecule has 136 heavy (non-hydrogen) atoms. The second-order valence-electron chi connectivity index (χ2n) is 28.1. The zero-order chi connectivity index (χ0) is 102. The van der Waals surface area contributed by atoms with Crippen molar-refractivity contribution in [1.29, 1.82) is 0 Å². The van der Waals surface area contributed by atoms with Gasteiger partial charge in [-0.3, -0.25) is 28.7 Å². The van der Waals surface area contributed by atoms with Gasteiger partial charge in [0.15, 0.2) is 16.5 Å². The number of hydrogen-bond acceptors (Lipinski definition) is 12. The first-order valence-electron chi connectivity index (χ1n) is 49.0. The van der Waals surface area contributed by atoms with Gasteiger partial charge >= 0.3 is 5.69 Å². The van der Waals surface area contributed by atoms with Crippen molar-refractivity contribution in [3.05, 3.63) is 373 Å². The van der Waals surface area contributed by atoms with Crippen molar-refractivity contribution in [3.63, 3.8) is 0 Å². The Kier molecular flexibility index (Phi) is 63.6. The van der Waals surface area contributed by atoms with Gasteiger partial charge in [0.1, 0.15) is 5.75 Å². The summed E-state index contributed by atoms with van der Waals surface area (Å²) in [6.07, 6.45) is 15.1. The fourth-order valence-corrected chi connectivity index (χ4v) is 14.5. The number of hydrogen-bond donors (Lipinski definition) is 4. The predicted octanol–water partition coefficient (Wildman–Crippen LogP) is 34.1. The molecule has 0 bridgehead atoms. The van der Waals surface area contributed by atoms with Crippen LogP contribution in [0.4, 0.5) is 0 Å². The molecule has 19 aromatic rings. The molecule has 0 spiro atoms. The smallest absolute Gasteiger partial charge is 0.326 e. The van der Waals surface area contributed by atoms with Crippen molar-refractivity contribution in [3.8, 4) is 17.2 Å². The Hall–Kier alpha value is -13.0. The van der Waals surface area contributed by atoms with Crippen molar-refractivity contribution in [2.24, 2.45) is 7.05 Å². The lowest BCUT2D eigenvalue weighted by molar-refractivity contribution is 0.174. The van der Waals surface area contributed by atoms with Crippen LogP contribution >= 0.6 is 22.7 Å². The summed E-state index contributed by atoms with van der Waals surface area (Å²) in [5.41, 5.74) is 25.2. The molecule has 0 amide bonds. The Morgan fingerprint density at radius 2 is 0.978 bits per heavy atom. The van der Waals surface area contributed by atoms with Crippen LogP contribution < -0.4 is 25.5 Å². The van der Waals surface area contributed by atoms with Crippen LogP contribution in [0.2, 0.25) is 0 Å². The van der Waals surface area contributed by atoms with E-state index in [1.807, 2.05) is 343 Å². The fraction of sp³-hybridized carbons (Fsp3) is 0.331. The molecule has 0 saturated heterocycles. The average molecular weight is 1880 g/mol. The van der Waals surface area contributed by atoms with Crippen LogP contribution in [0.5, 0.6) is 17.2 Å². The van der Waals surface area contributed by atoms with Gasteiger partial charge in [-0.05, 0) is 234 Å². The quantitative estimate of drug-likeness (QED) is 0.113. The molecule has 0 fully saturated rings. The van der Waals surface area contributed by atoms with Crippen LogP contribution in [0.3, 0.4) is 0 Å². The van der Waals surface area contributed by atoms with E-state index in [9.17, 15) is 9.59 Å². The molecule has 1 unspecified atom stereocenters. The number of imidazole rings is 2. The van der Waals surface area contributed by atoms with Crippen LogP contribution in [0, 0.1) is 62.3 Å². The molecule has 12 heterocycles. The Bertz CT molecular complexity index is 6310. The number of pyridine rings is 4. The maximum atomic E-state index is 11.2. The summed E-state index contributed by atoms with van der Waals surface area (Å²) in [6, 6.07) is 79.6. The van der Waals surface area contributed by atoms with Gasteiger partial charge in [0, 0.05) is 111 Å². The summed E-state index contributed by atoms with van der Waals surface area (Å²) in [4.78, 5) is 56.2. The summed E-state index contributed by atoms with van der Waals surface area (Å²) in [5, 5.41) is 8.04. The van der Waals surface area contributed by atoms with E-state index < -0.39 is 0 Å². The van der Waals surface area contributed by atoms with Gasteiger partial charge in [-0.1, -0.05) is 298 Å². The third kappa shape index (κ3) is 40.3. The van der Waals surface area contributed by atoms with Crippen LogP contribution in [0.25, 0.3) is 80.7 Å². The molecule has 10 aromatic heterocycles. The number of aryl methyl sites for hydroxylation is 11. The second-order valence-corrected chi connectivity index (χ2v) is 29.9. The monoisotopic (exact) mass is 1880 g/mol. The van der Waals surface area contributed by atoms with Gasteiger partial charge in [-0.2, -0.15) is 0 Å². The molecular formula is C118H161N11O5S2. The number of para-hydroxylation sites is 6. The maximum absolute atomic E-state index is 11.2. The molecule has 730 valence electrons. The molecule has 1 aliphatic carbocycles. The third-order valence-electron chi connectivity index (χ3n) is 19.2. The van der Waals surface area contributed by atoms with E-state index in [0.717, 1.165) is 96.3 Å². The van der Waals surface area contributed by atoms with Crippen molar-refractivity contribution in [2.75, 3.05) is 13.4 Å². The van der Waals surface area contributed by atoms with E-state index in [0.29, 0.717) is 6.79 Å². The highest BCUT2D eigenvalue weighted by Crippen LogP contribution is 2.33. The highest BCUT2D eigenvalue weighted by atomic mass is 32.1. The molecule has 18 heteroatoms. The Morgan fingerprint density at radius 3 is 1.62 bits per heavy atom. The second kappa shape index (κ2) is 71.5. The molecule has 9 aromatic carbocycles. The number of rotatable bonds is 0. The van der Waals surface area contributed by atoms with Crippen molar-refractivity contribution in [2.45, 2.75) is 247 Å². The van der Waals surface area contributed by atoms with Gasteiger partial charge in [0.25, 0.3) is 5.56 Å². The minimum atomic E-state index is -0.0637. The molecule has 0 saturated carbocycles. The Labute approximate surface area is 823 Å². The summed E-state index contributed by atoms with van der Waals surface area (Å²) in [5.74, 6) is 3.59. The van der Waals surface area contributed by atoms with Gasteiger partial charge in [0.05, 0.1) is 44.4 Å². The topological polar surface area (TPSA) is 199 Å². The summed E-state index contributed by atoms with van der Waals surface area (Å²) >= 11 is 3.35. The van der Waals surface area contributed by atoms with Gasteiger partial charge in [-0.25, -0.2) is 14.8 Å². The molecule has 0 radical (unpaired) electrons. The fourth-order valence-electron chi connectivity index (χ4n) is 13.0. The van der Waals surface area contributed by atoms with Crippen LogP contribution in [0.15, 0.2) is 294 Å². The van der Waals surface area contributed by atoms with E-state index in [1.165, 1.54) is 89.5 Å². The summed E-state index contributed by atoms with van der Waals surface area (Å²) in [7, 11) is 1.75. The lowest BCUT2D eigenvalue weighted by Crippen LogP contribution is -2.11. The van der Waals surface area contributed by atoms with Crippen LogP contribution in [-0.2, 0) is 19.9 Å². The minimum absolute atomic E-state index is 0.00583. The number of aromatic nitrogens is 11. The average Bonchev–Trinajstić information content (AvgIpc) is 1.43. The minimum Gasteiger partial charge on any atom is -0.493 e. The van der Waals surface area contributed by atoms with Crippen LogP contribution in [0.1, 0.15) is 239 Å².